The summed E-state index contributed by atoms with van der Waals surface area (Å²) in [6, 6.07) is 2.26. The van der Waals surface area contributed by atoms with Gasteiger partial charge in [-0.2, -0.15) is 5.26 Å². The van der Waals surface area contributed by atoms with E-state index in [0.717, 1.165) is 38.8 Å². The maximum Gasteiger partial charge on any atom is 0.243 e. The summed E-state index contributed by atoms with van der Waals surface area (Å²) >= 11 is 0. The van der Waals surface area contributed by atoms with Crippen molar-refractivity contribution in [3.63, 3.8) is 0 Å². The van der Waals surface area contributed by atoms with Crippen molar-refractivity contribution in [3.8, 4) is 6.07 Å². The summed E-state index contributed by atoms with van der Waals surface area (Å²) in [6.45, 7) is 9.70. The van der Waals surface area contributed by atoms with Crippen LogP contribution in [0, 0.1) is 16.7 Å². The summed E-state index contributed by atoms with van der Waals surface area (Å²) < 4.78 is 0. The molecule has 0 aromatic heterocycles. The van der Waals surface area contributed by atoms with Crippen molar-refractivity contribution in [1.29, 1.82) is 5.26 Å². The Kier molecular flexibility index (Phi) is 8.45. The Morgan fingerprint density at radius 3 is 1.78 bits per heavy atom. The molecule has 0 aliphatic rings. The molecule has 0 aromatic rings. The van der Waals surface area contributed by atoms with E-state index in [0.29, 0.717) is 12.8 Å². The van der Waals surface area contributed by atoms with Crippen LogP contribution in [0.3, 0.4) is 0 Å². The number of hydrogen-bond acceptors (Lipinski definition) is 2. The normalized spacial score (nSPS) is 11.1. The third-order valence-electron chi connectivity index (χ3n) is 3.68. The maximum absolute atomic E-state index is 12.6. The van der Waals surface area contributed by atoms with Crippen molar-refractivity contribution in [2.75, 3.05) is 13.1 Å². The Balaban J connectivity index is 4.85. The first-order valence-electron chi connectivity index (χ1n) is 7.32. The summed E-state index contributed by atoms with van der Waals surface area (Å²) in [6.07, 6.45) is 5.40. The molecular weight excluding hydrogens is 224 g/mol. The molecule has 0 heterocycles. The van der Waals surface area contributed by atoms with E-state index in [1.54, 1.807) is 0 Å². The molecule has 0 fully saturated rings. The van der Waals surface area contributed by atoms with E-state index < -0.39 is 5.41 Å². The first-order valence-corrected chi connectivity index (χ1v) is 7.32. The van der Waals surface area contributed by atoms with Crippen molar-refractivity contribution in [1.82, 2.24) is 4.90 Å². The van der Waals surface area contributed by atoms with Crippen LogP contribution in [-0.2, 0) is 4.79 Å². The number of carbonyl (C=O) groups excluding carboxylic acids is 1. The Morgan fingerprint density at radius 1 is 1.06 bits per heavy atom. The minimum atomic E-state index is -0.804. The summed E-state index contributed by atoms with van der Waals surface area (Å²) in [7, 11) is 0. The van der Waals surface area contributed by atoms with Gasteiger partial charge in [0.2, 0.25) is 5.91 Å². The first-order chi connectivity index (χ1) is 8.61. The van der Waals surface area contributed by atoms with E-state index in [4.69, 9.17) is 0 Å². The van der Waals surface area contributed by atoms with Gasteiger partial charge in [0.25, 0.3) is 0 Å². The van der Waals surface area contributed by atoms with Crippen LogP contribution >= 0.6 is 0 Å². The molecule has 0 spiro atoms. The average molecular weight is 252 g/mol. The maximum atomic E-state index is 12.6. The fraction of sp³-hybridized carbons (Fsp3) is 0.867. The van der Waals surface area contributed by atoms with Gasteiger partial charge >= 0.3 is 0 Å². The molecule has 3 nitrogen and oxygen atoms in total. The van der Waals surface area contributed by atoms with Crippen molar-refractivity contribution in [2.45, 2.75) is 66.2 Å². The van der Waals surface area contributed by atoms with Crippen LogP contribution in [0.15, 0.2) is 0 Å². The van der Waals surface area contributed by atoms with E-state index >= 15 is 0 Å². The zero-order valence-corrected chi connectivity index (χ0v) is 12.5. The second kappa shape index (κ2) is 8.97. The van der Waals surface area contributed by atoms with Crippen LogP contribution in [0.25, 0.3) is 0 Å². The van der Waals surface area contributed by atoms with Gasteiger partial charge in [-0.05, 0) is 25.7 Å². The SMILES string of the molecule is CCCCN(CCCC)C(=O)C(C#N)(CC)CC. The lowest BCUT2D eigenvalue weighted by Gasteiger charge is -2.31. The lowest BCUT2D eigenvalue weighted by molar-refractivity contribution is -0.139. The molecule has 0 atom stereocenters. The van der Waals surface area contributed by atoms with E-state index in [9.17, 15) is 10.1 Å². The van der Waals surface area contributed by atoms with Gasteiger partial charge in [-0.3, -0.25) is 4.79 Å². The van der Waals surface area contributed by atoms with Crippen molar-refractivity contribution in [3.05, 3.63) is 0 Å². The Bertz CT molecular complexity index is 269. The van der Waals surface area contributed by atoms with Crippen LogP contribution in [-0.4, -0.2) is 23.9 Å². The number of rotatable bonds is 9. The molecule has 3 heteroatoms. The molecule has 1 amide bonds. The minimum Gasteiger partial charge on any atom is -0.341 e. The second-order valence-corrected chi connectivity index (χ2v) is 4.90. The monoisotopic (exact) mass is 252 g/mol. The molecule has 0 radical (unpaired) electrons. The largest absolute Gasteiger partial charge is 0.341 e. The minimum absolute atomic E-state index is 0.0388. The van der Waals surface area contributed by atoms with Gasteiger partial charge in [-0.15, -0.1) is 0 Å². The van der Waals surface area contributed by atoms with Crippen LogP contribution in [0.1, 0.15) is 66.2 Å². The molecule has 0 saturated carbocycles. The van der Waals surface area contributed by atoms with E-state index in [1.165, 1.54) is 0 Å². The fourth-order valence-electron chi connectivity index (χ4n) is 2.07. The van der Waals surface area contributed by atoms with Gasteiger partial charge in [0, 0.05) is 13.1 Å². The average Bonchev–Trinajstić information content (AvgIpc) is 2.41. The third-order valence-corrected chi connectivity index (χ3v) is 3.68. The van der Waals surface area contributed by atoms with Crippen molar-refractivity contribution in [2.24, 2.45) is 5.41 Å². The van der Waals surface area contributed by atoms with Crippen LogP contribution in [0.2, 0.25) is 0 Å². The predicted molar refractivity (Wildman–Crippen MR) is 75.0 cm³/mol. The molecule has 0 saturated heterocycles. The number of hydrogen-bond donors (Lipinski definition) is 0. The van der Waals surface area contributed by atoms with E-state index in [1.807, 2.05) is 18.7 Å². The second-order valence-electron chi connectivity index (χ2n) is 4.90. The molecule has 0 bridgehead atoms. The molecule has 0 aliphatic carbocycles. The van der Waals surface area contributed by atoms with Crippen LogP contribution < -0.4 is 0 Å². The predicted octanol–water partition coefficient (Wildman–Crippen LogP) is 3.75. The van der Waals surface area contributed by atoms with Gasteiger partial charge in [0.15, 0.2) is 0 Å². The van der Waals surface area contributed by atoms with Crippen LogP contribution in [0.4, 0.5) is 0 Å². The topological polar surface area (TPSA) is 44.1 Å². The molecule has 0 unspecified atom stereocenters. The molecule has 0 N–H and O–H groups in total. The smallest absolute Gasteiger partial charge is 0.243 e. The van der Waals surface area contributed by atoms with Gasteiger partial charge in [0.05, 0.1) is 6.07 Å². The molecule has 0 aliphatic heterocycles. The highest BCUT2D eigenvalue weighted by Gasteiger charge is 2.37. The summed E-state index contributed by atoms with van der Waals surface area (Å²) in [4.78, 5) is 14.5. The molecular formula is C15H28N2O. The molecule has 18 heavy (non-hydrogen) atoms. The lowest BCUT2D eigenvalue weighted by atomic mass is 9.82. The number of nitrogens with zero attached hydrogens (tertiary/aromatic N) is 2. The highest BCUT2D eigenvalue weighted by atomic mass is 16.2. The molecule has 104 valence electrons. The van der Waals surface area contributed by atoms with Gasteiger partial charge in [-0.1, -0.05) is 40.5 Å². The van der Waals surface area contributed by atoms with E-state index in [-0.39, 0.29) is 5.91 Å². The van der Waals surface area contributed by atoms with Gasteiger partial charge in [-0.25, -0.2) is 0 Å². The summed E-state index contributed by atoms with van der Waals surface area (Å²) in [5, 5.41) is 9.35. The molecule has 0 rings (SSSR count). The van der Waals surface area contributed by atoms with Crippen molar-refractivity contribution >= 4 is 5.91 Å². The highest BCUT2D eigenvalue weighted by molar-refractivity contribution is 5.85. The van der Waals surface area contributed by atoms with Crippen molar-refractivity contribution < 1.29 is 4.79 Å². The molecule has 0 aromatic carbocycles. The third kappa shape index (κ3) is 4.33. The Labute approximate surface area is 112 Å². The van der Waals surface area contributed by atoms with Crippen LogP contribution in [0.5, 0.6) is 0 Å². The Morgan fingerprint density at radius 2 is 1.50 bits per heavy atom. The standard InChI is InChI=1S/C15H28N2O/c1-5-9-11-17(12-10-6-2)14(18)15(7-3,8-4)13-16/h5-12H2,1-4H3. The first kappa shape index (κ1) is 17.0. The number of amides is 1. The lowest BCUT2D eigenvalue weighted by Crippen LogP contribution is -2.43. The highest BCUT2D eigenvalue weighted by Crippen LogP contribution is 2.28. The zero-order valence-electron chi connectivity index (χ0n) is 12.5. The summed E-state index contributed by atoms with van der Waals surface area (Å²) in [5.74, 6) is 0.0388. The Hall–Kier alpha value is -1.04. The van der Waals surface area contributed by atoms with Gasteiger partial charge < -0.3 is 4.90 Å². The van der Waals surface area contributed by atoms with Gasteiger partial charge in [0.1, 0.15) is 5.41 Å². The number of nitriles is 1. The quantitative estimate of drug-likeness (QED) is 0.627. The zero-order chi connectivity index (χ0) is 14.0. The fourth-order valence-corrected chi connectivity index (χ4v) is 2.07. The number of carbonyl (C=O) groups is 1. The number of unbranched alkanes of at least 4 members (excludes halogenated alkanes) is 2. The van der Waals surface area contributed by atoms with E-state index in [2.05, 4.69) is 19.9 Å². The summed E-state index contributed by atoms with van der Waals surface area (Å²) in [5.41, 5.74) is -0.804.